The molecule has 20 heavy (non-hydrogen) atoms. The Bertz CT molecular complexity index is 573. The first-order valence-corrected chi connectivity index (χ1v) is 7.20. The van der Waals surface area contributed by atoms with Crippen molar-refractivity contribution in [1.29, 1.82) is 0 Å². The van der Waals surface area contributed by atoms with Gasteiger partial charge in [-0.15, -0.1) is 0 Å². The second-order valence-corrected chi connectivity index (χ2v) is 6.21. The van der Waals surface area contributed by atoms with Gasteiger partial charge in [-0.2, -0.15) is 13.2 Å². The van der Waals surface area contributed by atoms with Gasteiger partial charge in [0.15, 0.2) is 0 Å². The van der Waals surface area contributed by atoms with Gasteiger partial charge in [0, 0.05) is 6.04 Å². The lowest BCUT2D eigenvalue weighted by Gasteiger charge is -2.19. The standard InChI is InChI=1S/C11H16F3N3O2S/c1-7(6-11(12,13)14)17-10-5-8(3-4-9(10)15)20(18,19)16-2/h3-5,7,16-17H,6,15H2,1-2H3. The van der Waals surface area contributed by atoms with Crippen molar-refractivity contribution >= 4 is 21.4 Å². The molecule has 114 valence electrons. The Balaban J connectivity index is 2.99. The van der Waals surface area contributed by atoms with E-state index >= 15 is 0 Å². The van der Waals surface area contributed by atoms with Gasteiger partial charge in [-0.25, -0.2) is 13.1 Å². The molecule has 1 aromatic rings. The number of benzene rings is 1. The van der Waals surface area contributed by atoms with Gasteiger partial charge >= 0.3 is 6.18 Å². The molecule has 1 aromatic carbocycles. The lowest BCUT2D eigenvalue weighted by molar-refractivity contribution is -0.136. The van der Waals surface area contributed by atoms with Crippen LogP contribution < -0.4 is 15.8 Å². The average molecular weight is 311 g/mol. The number of alkyl halides is 3. The molecule has 5 nitrogen and oxygen atoms in total. The van der Waals surface area contributed by atoms with Crippen LogP contribution in [0.3, 0.4) is 0 Å². The molecule has 0 spiro atoms. The van der Waals surface area contributed by atoms with E-state index in [-0.39, 0.29) is 16.3 Å². The Morgan fingerprint density at radius 2 is 1.95 bits per heavy atom. The highest BCUT2D eigenvalue weighted by atomic mass is 32.2. The molecule has 0 aromatic heterocycles. The van der Waals surface area contributed by atoms with Gasteiger partial charge in [0.25, 0.3) is 0 Å². The number of rotatable bonds is 5. The minimum absolute atomic E-state index is 0.0732. The topological polar surface area (TPSA) is 84.2 Å². The van der Waals surface area contributed by atoms with Crippen molar-refractivity contribution in [2.45, 2.75) is 30.5 Å². The minimum atomic E-state index is -4.31. The molecule has 1 unspecified atom stereocenters. The van der Waals surface area contributed by atoms with Gasteiger partial charge < -0.3 is 11.1 Å². The van der Waals surface area contributed by atoms with Crippen LogP contribution in [0, 0.1) is 0 Å². The van der Waals surface area contributed by atoms with Gasteiger partial charge in [-0.1, -0.05) is 0 Å². The van der Waals surface area contributed by atoms with Crippen molar-refractivity contribution in [3.05, 3.63) is 18.2 Å². The van der Waals surface area contributed by atoms with Crippen LogP contribution in [0.1, 0.15) is 13.3 Å². The van der Waals surface area contributed by atoms with Crippen LogP contribution in [0.2, 0.25) is 0 Å². The predicted octanol–water partition coefficient (Wildman–Crippen LogP) is 1.93. The Hall–Kier alpha value is -1.48. The van der Waals surface area contributed by atoms with Gasteiger partial charge in [0.05, 0.1) is 22.7 Å². The number of nitrogens with one attached hydrogen (secondary N) is 2. The summed E-state index contributed by atoms with van der Waals surface area (Å²) >= 11 is 0. The molecule has 0 aliphatic rings. The minimum Gasteiger partial charge on any atom is -0.397 e. The van der Waals surface area contributed by atoms with E-state index in [1.807, 2.05) is 0 Å². The van der Waals surface area contributed by atoms with Crippen LogP contribution in [0.15, 0.2) is 23.1 Å². The lowest BCUT2D eigenvalue weighted by Crippen LogP contribution is -2.25. The molecular formula is C11H16F3N3O2S. The summed E-state index contributed by atoms with van der Waals surface area (Å²) < 4.78 is 62.1. The molecule has 1 atom stereocenters. The molecule has 0 saturated carbocycles. The fourth-order valence-electron chi connectivity index (χ4n) is 1.61. The fourth-order valence-corrected chi connectivity index (χ4v) is 2.36. The van der Waals surface area contributed by atoms with Crippen LogP contribution in [-0.4, -0.2) is 27.7 Å². The number of hydrogen-bond acceptors (Lipinski definition) is 4. The van der Waals surface area contributed by atoms with E-state index in [1.54, 1.807) is 0 Å². The smallest absolute Gasteiger partial charge is 0.391 e. The molecule has 0 aliphatic heterocycles. The van der Waals surface area contributed by atoms with Crippen LogP contribution in [0.5, 0.6) is 0 Å². The third-order valence-electron chi connectivity index (χ3n) is 2.54. The van der Waals surface area contributed by atoms with Crippen LogP contribution in [0.4, 0.5) is 24.5 Å². The van der Waals surface area contributed by atoms with Gasteiger partial charge in [0.2, 0.25) is 10.0 Å². The zero-order chi connectivity index (χ0) is 15.6. The molecule has 0 amide bonds. The Morgan fingerprint density at radius 1 is 1.35 bits per heavy atom. The summed E-state index contributed by atoms with van der Waals surface area (Å²) in [4.78, 5) is -0.0732. The average Bonchev–Trinajstić information content (AvgIpc) is 2.29. The Labute approximate surface area is 115 Å². The Morgan fingerprint density at radius 3 is 2.45 bits per heavy atom. The zero-order valence-electron chi connectivity index (χ0n) is 11.0. The quantitative estimate of drug-likeness (QED) is 0.726. The molecule has 0 aliphatic carbocycles. The highest BCUT2D eigenvalue weighted by Gasteiger charge is 2.30. The maximum atomic E-state index is 12.3. The molecular weight excluding hydrogens is 295 g/mol. The largest absolute Gasteiger partial charge is 0.397 e. The second-order valence-electron chi connectivity index (χ2n) is 4.32. The highest BCUT2D eigenvalue weighted by molar-refractivity contribution is 7.89. The van der Waals surface area contributed by atoms with E-state index in [0.717, 1.165) is 0 Å². The van der Waals surface area contributed by atoms with E-state index in [1.165, 1.54) is 32.2 Å². The first kappa shape index (κ1) is 16.6. The number of halogens is 3. The summed E-state index contributed by atoms with van der Waals surface area (Å²) in [5, 5.41) is 2.57. The van der Waals surface area contributed by atoms with Gasteiger partial charge in [-0.3, -0.25) is 0 Å². The van der Waals surface area contributed by atoms with Crippen LogP contribution in [0.25, 0.3) is 0 Å². The normalized spacial score (nSPS) is 14.1. The van der Waals surface area contributed by atoms with Crippen molar-refractivity contribution < 1.29 is 21.6 Å². The third-order valence-corrected chi connectivity index (χ3v) is 3.96. The summed E-state index contributed by atoms with van der Waals surface area (Å²) in [5.74, 6) is 0. The van der Waals surface area contributed by atoms with Gasteiger partial charge in [0.1, 0.15) is 0 Å². The summed E-state index contributed by atoms with van der Waals surface area (Å²) in [6, 6.07) is 2.88. The summed E-state index contributed by atoms with van der Waals surface area (Å²) in [7, 11) is -2.44. The summed E-state index contributed by atoms with van der Waals surface area (Å²) in [6.07, 6.45) is -5.36. The maximum Gasteiger partial charge on any atom is 0.391 e. The van der Waals surface area contributed by atoms with E-state index in [0.29, 0.717) is 0 Å². The van der Waals surface area contributed by atoms with Crippen molar-refractivity contribution in [2.75, 3.05) is 18.1 Å². The first-order valence-electron chi connectivity index (χ1n) is 5.71. The summed E-state index contributed by atoms with van der Waals surface area (Å²) in [5.41, 5.74) is 5.95. The number of anilines is 2. The molecule has 0 saturated heterocycles. The van der Waals surface area contributed by atoms with Gasteiger partial charge in [-0.05, 0) is 32.2 Å². The Kier molecular flexibility index (Phi) is 4.87. The molecule has 0 heterocycles. The SMILES string of the molecule is CNS(=O)(=O)c1ccc(N)c(NC(C)CC(F)(F)F)c1. The fraction of sp³-hybridized carbons (Fsp3) is 0.455. The highest BCUT2D eigenvalue weighted by Crippen LogP contribution is 2.27. The van der Waals surface area contributed by atoms with E-state index in [9.17, 15) is 21.6 Å². The molecule has 0 bridgehead atoms. The first-order chi connectivity index (χ1) is 9.05. The van der Waals surface area contributed by atoms with Crippen molar-refractivity contribution in [3.8, 4) is 0 Å². The number of nitrogen functional groups attached to an aromatic ring is 1. The van der Waals surface area contributed by atoms with Crippen LogP contribution >= 0.6 is 0 Å². The van der Waals surface area contributed by atoms with E-state index in [2.05, 4.69) is 10.0 Å². The molecule has 9 heteroatoms. The van der Waals surface area contributed by atoms with Crippen LogP contribution in [-0.2, 0) is 10.0 Å². The molecule has 1 rings (SSSR count). The van der Waals surface area contributed by atoms with Crippen molar-refractivity contribution in [2.24, 2.45) is 0 Å². The lowest BCUT2D eigenvalue weighted by atomic mass is 10.2. The van der Waals surface area contributed by atoms with E-state index in [4.69, 9.17) is 5.73 Å². The summed E-state index contributed by atoms with van der Waals surface area (Å²) in [6.45, 7) is 1.34. The predicted molar refractivity (Wildman–Crippen MR) is 70.9 cm³/mol. The number of sulfonamides is 1. The molecule has 0 radical (unpaired) electrons. The molecule has 0 fully saturated rings. The molecule has 4 N–H and O–H groups in total. The maximum absolute atomic E-state index is 12.3. The monoisotopic (exact) mass is 311 g/mol. The van der Waals surface area contributed by atoms with Crippen molar-refractivity contribution in [1.82, 2.24) is 4.72 Å². The zero-order valence-corrected chi connectivity index (χ0v) is 11.8. The number of hydrogen-bond donors (Lipinski definition) is 3. The van der Waals surface area contributed by atoms with Crippen molar-refractivity contribution in [3.63, 3.8) is 0 Å². The number of nitrogens with two attached hydrogens (primary N) is 1. The van der Waals surface area contributed by atoms with E-state index < -0.39 is 28.7 Å². The second kappa shape index (κ2) is 5.88. The third kappa shape index (κ3) is 4.57.